The SMILES string of the molecule is COc1cc(C)cc(C)c1C(=O)c1cc2c(s1)CCCC2. The third-order valence-corrected chi connectivity index (χ3v) is 5.35. The molecule has 0 bridgehead atoms. The number of benzene rings is 1. The maximum absolute atomic E-state index is 12.9. The van der Waals surface area contributed by atoms with Crippen LogP contribution in [0.1, 0.15) is 49.6 Å². The van der Waals surface area contributed by atoms with Crippen LogP contribution >= 0.6 is 11.3 Å². The molecule has 0 fully saturated rings. The van der Waals surface area contributed by atoms with Gasteiger partial charge in [-0.1, -0.05) is 6.07 Å². The lowest BCUT2D eigenvalue weighted by Gasteiger charge is -2.11. The van der Waals surface area contributed by atoms with E-state index in [0.717, 1.165) is 28.8 Å². The van der Waals surface area contributed by atoms with Gasteiger partial charge < -0.3 is 4.74 Å². The highest BCUT2D eigenvalue weighted by molar-refractivity contribution is 7.14. The lowest BCUT2D eigenvalue weighted by atomic mass is 9.97. The molecule has 1 aliphatic rings. The van der Waals surface area contributed by atoms with Crippen molar-refractivity contribution in [3.8, 4) is 5.75 Å². The number of aryl methyl sites for hydroxylation is 4. The number of hydrogen-bond acceptors (Lipinski definition) is 3. The summed E-state index contributed by atoms with van der Waals surface area (Å²) < 4.78 is 5.44. The number of carbonyl (C=O) groups excluding carboxylic acids is 1. The lowest BCUT2D eigenvalue weighted by Crippen LogP contribution is -2.05. The molecule has 0 aliphatic heterocycles. The minimum absolute atomic E-state index is 0.101. The first-order valence-electron chi connectivity index (χ1n) is 7.41. The van der Waals surface area contributed by atoms with Crippen LogP contribution in [0.4, 0.5) is 0 Å². The maximum Gasteiger partial charge on any atom is 0.206 e. The van der Waals surface area contributed by atoms with Gasteiger partial charge in [-0.05, 0) is 68.4 Å². The van der Waals surface area contributed by atoms with Crippen molar-refractivity contribution in [3.63, 3.8) is 0 Å². The van der Waals surface area contributed by atoms with E-state index in [1.807, 2.05) is 26.0 Å². The Bertz CT molecular complexity index is 674. The summed E-state index contributed by atoms with van der Waals surface area (Å²) in [7, 11) is 1.63. The number of carbonyl (C=O) groups is 1. The first kappa shape index (κ1) is 14.3. The average Bonchev–Trinajstić information content (AvgIpc) is 2.89. The minimum atomic E-state index is 0.101. The number of thiophene rings is 1. The van der Waals surface area contributed by atoms with E-state index < -0.39 is 0 Å². The predicted octanol–water partition coefficient (Wildman–Crippen LogP) is 4.48. The van der Waals surface area contributed by atoms with Gasteiger partial charge in [-0.15, -0.1) is 11.3 Å². The Morgan fingerprint density at radius 3 is 2.62 bits per heavy atom. The summed E-state index contributed by atoms with van der Waals surface area (Å²) in [6, 6.07) is 6.08. The van der Waals surface area contributed by atoms with E-state index >= 15 is 0 Å². The molecule has 0 amide bonds. The fourth-order valence-corrected chi connectivity index (χ4v) is 4.31. The molecular weight excluding hydrogens is 280 g/mol. The van der Waals surface area contributed by atoms with Crippen LogP contribution < -0.4 is 4.74 Å². The molecule has 3 rings (SSSR count). The van der Waals surface area contributed by atoms with Crippen LogP contribution in [0.2, 0.25) is 0 Å². The first-order valence-corrected chi connectivity index (χ1v) is 8.23. The summed E-state index contributed by atoms with van der Waals surface area (Å²) in [5.74, 6) is 0.785. The second kappa shape index (κ2) is 5.64. The van der Waals surface area contributed by atoms with Crippen molar-refractivity contribution in [2.24, 2.45) is 0 Å². The fourth-order valence-electron chi connectivity index (χ4n) is 3.11. The van der Waals surface area contributed by atoms with Crippen molar-refractivity contribution in [2.75, 3.05) is 7.11 Å². The standard InChI is InChI=1S/C18H20O2S/c1-11-8-12(2)17(14(9-11)20-3)18(19)16-10-13-6-4-5-7-15(13)21-16/h8-10H,4-7H2,1-3H3. The van der Waals surface area contributed by atoms with Crippen LogP contribution in [0.15, 0.2) is 18.2 Å². The monoisotopic (exact) mass is 300 g/mol. The van der Waals surface area contributed by atoms with Gasteiger partial charge in [0, 0.05) is 4.88 Å². The average molecular weight is 300 g/mol. The van der Waals surface area contributed by atoms with Gasteiger partial charge in [-0.3, -0.25) is 4.79 Å². The zero-order valence-corrected chi connectivity index (χ0v) is 13.6. The molecule has 2 aromatic rings. The summed E-state index contributed by atoms with van der Waals surface area (Å²) in [6.45, 7) is 4.00. The Labute approximate surface area is 129 Å². The smallest absolute Gasteiger partial charge is 0.206 e. The van der Waals surface area contributed by atoms with Gasteiger partial charge in [0.05, 0.1) is 17.6 Å². The molecule has 21 heavy (non-hydrogen) atoms. The third-order valence-electron chi connectivity index (χ3n) is 4.11. The number of ether oxygens (including phenoxy) is 1. The number of ketones is 1. The molecule has 1 aliphatic carbocycles. The molecule has 0 N–H and O–H groups in total. The second-order valence-corrected chi connectivity index (χ2v) is 6.89. The number of fused-ring (bicyclic) bond motifs is 1. The van der Waals surface area contributed by atoms with Gasteiger partial charge >= 0.3 is 0 Å². The second-order valence-electron chi connectivity index (χ2n) is 5.75. The Morgan fingerprint density at radius 1 is 1.14 bits per heavy atom. The van der Waals surface area contributed by atoms with Gasteiger partial charge in [0.1, 0.15) is 5.75 Å². The Hall–Kier alpha value is -1.61. The highest BCUT2D eigenvalue weighted by Crippen LogP contribution is 2.33. The van der Waals surface area contributed by atoms with Gasteiger partial charge in [-0.2, -0.15) is 0 Å². The largest absolute Gasteiger partial charge is 0.496 e. The molecule has 1 heterocycles. The Morgan fingerprint density at radius 2 is 1.90 bits per heavy atom. The van der Waals surface area contributed by atoms with Gasteiger partial charge in [0.25, 0.3) is 0 Å². The molecule has 0 atom stereocenters. The molecule has 0 saturated heterocycles. The van der Waals surface area contributed by atoms with Crippen molar-refractivity contribution < 1.29 is 9.53 Å². The Kier molecular flexibility index (Phi) is 3.85. The van der Waals surface area contributed by atoms with Crippen LogP contribution in [0.3, 0.4) is 0 Å². The van der Waals surface area contributed by atoms with E-state index in [-0.39, 0.29) is 5.78 Å². The summed E-state index contributed by atoms with van der Waals surface area (Å²) in [6.07, 6.45) is 4.72. The lowest BCUT2D eigenvalue weighted by molar-refractivity contribution is 0.103. The van der Waals surface area contributed by atoms with Crippen LogP contribution in [0.5, 0.6) is 5.75 Å². The fraction of sp³-hybridized carbons (Fsp3) is 0.389. The van der Waals surface area contributed by atoms with Crippen LogP contribution in [-0.4, -0.2) is 12.9 Å². The van der Waals surface area contributed by atoms with Crippen molar-refractivity contribution in [1.29, 1.82) is 0 Å². The van der Waals surface area contributed by atoms with Gasteiger partial charge in [0.15, 0.2) is 0 Å². The van der Waals surface area contributed by atoms with Crippen LogP contribution in [0, 0.1) is 13.8 Å². The van der Waals surface area contributed by atoms with E-state index in [4.69, 9.17) is 4.74 Å². The van der Waals surface area contributed by atoms with Crippen LogP contribution in [-0.2, 0) is 12.8 Å². The summed E-state index contributed by atoms with van der Waals surface area (Å²) in [5, 5.41) is 0. The zero-order valence-electron chi connectivity index (χ0n) is 12.8. The van der Waals surface area contributed by atoms with Crippen LogP contribution in [0.25, 0.3) is 0 Å². The molecule has 0 spiro atoms. The van der Waals surface area contributed by atoms with Crippen molar-refractivity contribution in [3.05, 3.63) is 50.2 Å². The molecule has 0 unspecified atom stereocenters. The highest BCUT2D eigenvalue weighted by atomic mass is 32.1. The number of hydrogen-bond donors (Lipinski definition) is 0. The quantitative estimate of drug-likeness (QED) is 0.781. The molecule has 0 saturated carbocycles. The van der Waals surface area contributed by atoms with E-state index in [9.17, 15) is 4.79 Å². The topological polar surface area (TPSA) is 26.3 Å². The molecular formula is C18H20O2S. The maximum atomic E-state index is 12.9. The predicted molar refractivity (Wildman–Crippen MR) is 86.9 cm³/mol. The molecule has 0 radical (unpaired) electrons. The minimum Gasteiger partial charge on any atom is -0.496 e. The third kappa shape index (κ3) is 2.62. The summed E-state index contributed by atoms with van der Waals surface area (Å²) in [5.41, 5.74) is 4.19. The Balaban J connectivity index is 2.04. The van der Waals surface area contributed by atoms with E-state index in [1.165, 1.54) is 23.3 Å². The van der Waals surface area contributed by atoms with E-state index in [2.05, 4.69) is 6.07 Å². The first-order chi connectivity index (χ1) is 10.1. The molecule has 110 valence electrons. The number of rotatable bonds is 3. The van der Waals surface area contributed by atoms with E-state index in [1.54, 1.807) is 18.4 Å². The zero-order chi connectivity index (χ0) is 15.0. The summed E-state index contributed by atoms with van der Waals surface area (Å²) in [4.78, 5) is 15.2. The molecule has 2 nitrogen and oxygen atoms in total. The van der Waals surface area contributed by atoms with Gasteiger partial charge in [-0.25, -0.2) is 0 Å². The summed E-state index contributed by atoms with van der Waals surface area (Å²) >= 11 is 1.67. The van der Waals surface area contributed by atoms with Crippen molar-refractivity contribution >= 4 is 17.1 Å². The normalized spacial score (nSPS) is 13.9. The van der Waals surface area contributed by atoms with Crippen molar-refractivity contribution in [1.82, 2.24) is 0 Å². The molecule has 1 aromatic heterocycles. The van der Waals surface area contributed by atoms with Gasteiger partial charge in [0.2, 0.25) is 5.78 Å². The molecule has 1 aromatic carbocycles. The van der Waals surface area contributed by atoms with E-state index in [0.29, 0.717) is 11.3 Å². The number of methoxy groups -OCH3 is 1. The van der Waals surface area contributed by atoms with Crippen molar-refractivity contribution in [2.45, 2.75) is 39.5 Å². The molecule has 3 heteroatoms. The highest BCUT2D eigenvalue weighted by Gasteiger charge is 2.22.